The van der Waals surface area contributed by atoms with Crippen LogP contribution in [-0.4, -0.2) is 55.7 Å². The molecule has 0 atom stereocenters. The molecule has 1 fully saturated rings. The van der Waals surface area contributed by atoms with Crippen LogP contribution in [-0.2, 0) is 21.2 Å². The minimum absolute atomic E-state index is 0.0264. The van der Waals surface area contributed by atoms with E-state index in [1.807, 2.05) is 37.8 Å². The zero-order valence-corrected chi connectivity index (χ0v) is 19.0. The first kappa shape index (κ1) is 23.2. The van der Waals surface area contributed by atoms with Crippen molar-refractivity contribution in [1.29, 1.82) is 5.41 Å². The van der Waals surface area contributed by atoms with Crippen LogP contribution in [0.5, 0.6) is 0 Å². The molecule has 7 nitrogen and oxygen atoms in total. The van der Waals surface area contributed by atoms with E-state index in [4.69, 9.17) is 5.41 Å². The summed E-state index contributed by atoms with van der Waals surface area (Å²) in [4.78, 5) is 13.9. The van der Waals surface area contributed by atoms with Crippen molar-refractivity contribution in [2.75, 3.05) is 26.2 Å². The van der Waals surface area contributed by atoms with Crippen LogP contribution in [0.15, 0.2) is 29.2 Å². The predicted molar refractivity (Wildman–Crippen MR) is 115 cm³/mol. The van der Waals surface area contributed by atoms with Gasteiger partial charge >= 0.3 is 0 Å². The summed E-state index contributed by atoms with van der Waals surface area (Å²) >= 11 is 0. The number of carbonyl (C=O) groups is 1. The van der Waals surface area contributed by atoms with Crippen LogP contribution >= 0.6 is 0 Å². The molecule has 8 heteroatoms. The van der Waals surface area contributed by atoms with Crippen LogP contribution in [0.4, 0.5) is 0 Å². The Morgan fingerprint density at radius 2 is 1.79 bits per heavy atom. The summed E-state index contributed by atoms with van der Waals surface area (Å²) in [6, 6.07) is 6.83. The molecule has 0 saturated carbocycles. The number of guanidine groups is 1. The molecule has 0 aromatic heterocycles. The van der Waals surface area contributed by atoms with Gasteiger partial charge in [0.2, 0.25) is 11.9 Å². The number of hydrogen-bond donors (Lipinski definition) is 2. The Kier molecular flexibility index (Phi) is 7.32. The first-order chi connectivity index (χ1) is 13.4. The lowest BCUT2D eigenvalue weighted by molar-refractivity contribution is -0.128. The van der Waals surface area contributed by atoms with Crippen molar-refractivity contribution in [3.8, 4) is 0 Å². The number of nitrogens with zero attached hydrogens (tertiary/aromatic N) is 2. The molecule has 1 aromatic carbocycles. The highest BCUT2D eigenvalue weighted by Gasteiger charge is 2.35. The number of hydrogen-bond acceptors (Lipinski definition) is 4. The van der Waals surface area contributed by atoms with E-state index in [1.165, 1.54) is 4.31 Å². The summed E-state index contributed by atoms with van der Waals surface area (Å²) in [6.07, 6.45) is 1.54. The Bertz CT molecular complexity index is 826. The average Bonchev–Trinajstić information content (AvgIpc) is 2.98. The van der Waals surface area contributed by atoms with Gasteiger partial charge in [-0.15, -0.1) is 0 Å². The standard InChI is InChI=1S/C21H34N4O3S/c1-16(2)15-24-13-14-25(20(24)22)29(27,28)18-10-8-17(9-11-18)7-6-12-23-19(26)21(3,4)5/h8-11,16,22H,6-7,12-15H2,1-5H3,(H,23,26). The maximum atomic E-state index is 12.9. The first-order valence-corrected chi connectivity index (χ1v) is 11.6. The van der Waals surface area contributed by atoms with Crippen molar-refractivity contribution in [2.24, 2.45) is 11.3 Å². The van der Waals surface area contributed by atoms with E-state index in [2.05, 4.69) is 19.2 Å². The van der Waals surface area contributed by atoms with Gasteiger partial charge in [-0.3, -0.25) is 10.2 Å². The molecule has 2 rings (SSSR count). The highest BCUT2D eigenvalue weighted by atomic mass is 32.2. The molecule has 1 amide bonds. The van der Waals surface area contributed by atoms with Gasteiger partial charge in [-0.2, -0.15) is 0 Å². The Labute approximate surface area is 175 Å². The van der Waals surface area contributed by atoms with E-state index in [1.54, 1.807) is 12.1 Å². The SMILES string of the molecule is CC(C)CN1CCN(S(=O)(=O)c2ccc(CCCNC(=O)C(C)(C)C)cc2)C1=N. The van der Waals surface area contributed by atoms with Crippen molar-refractivity contribution >= 4 is 21.9 Å². The van der Waals surface area contributed by atoms with Crippen molar-refractivity contribution in [3.05, 3.63) is 29.8 Å². The molecule has 0 bridgehead atoms. The van der Waals surface area contributed by atoms with Gasteiger partial charge in [0.05, 0.1) is 11.4 Å². The summed E-state index contributed by atoms with van der Waals surface area (Å²) < 4.78 is 27.0. The average molecular weight is 423 g/mol. The van der Waals surface area contributed by atoms with Crippen molar-refractivity contribution in [1.82, 2.24) is 14.5 Å². The fourth-order valence-electron chi connectivity index (χ4n) is 3.15. The Morgan fingerprint density at radius 1 is 1.17 bits per heavy atom. The zero-order chi connectivity index (χ0) is 21.8. The summed E-state index contributed by atoms with van der Waals surface area (Å²) in [5.41, 5.74) is 0.622. The molecule has 0 aliphatic carbocycles. The van der Waals surface area contributed by atoms with E-state index >= 15 is 0 Å². The summed E-state index contributed by atoms with van der Waals surface area (Å²) in [6.45, 7) is 11.9. The van der Waals surface area contributed by atoms with Gasteiger partial charge < -0.3 is 10.2 Å². The van der Waals surface area contributed by atoms with Crippen LogP contribution in [0.25, 0.3) is 0 Å². The van der Waals surface area contributed by atoms with Gasteiger partial charge in [0.15, 0.2) is 0 Å². The van der Waals surface area contributed by atoms with Gasteiger partial charge in [0.25, 0.3) is 10.0 Å². The summed E-state index contributed by atoms with van der Waals surface area (Å²) in [5.74, 6) is 0.446. The molecule has 1 aliphatic rings. The predicted octanol–water partition coefficient (Wildman–Crippen LogP) is 2.68. The summed E-state index contributed by atoms with van der Waals surface area (Å²) in [7, 11) is -3.72. The highest BCUT2D eigenvalue weighted by Crippen LogP contribution is 2.22. The van der Waals surface area contributed by atoms with Crippen molar-refractivity contribution in [3.63, 3.8) is 0 Å². The molecule has 0 radical (unpaired) electrons. The topological polar surface area (TPSA) is 93.6 Å². The number of carbonyl (C=O) groups excluding carboxylic acids is 1. The smallest absolute Gasteiger partial charge is 0.266 e. The number of amides is 1. The largest absolute Gasteiger partial charge is 0.356 e. The van der Waals surface area contributed by atoms with Gasteiger partial charge in [-0.25, -0.2) is 12.7 Å². The van der Waals surface area contributed by atoms with E-state index in [9.17, 15) is 13.2 Å². The van der Waals surface area contributed by atoms with Crippen LogP contribution in [0.3, 0.4) is 0 Å². The molecule has 1 heterocycles. The maximum Gasteiger partial charge on any atom is 0.266 e. The number of benzene rings is 1. The Morgan fingerprint density at radius 3 is 2.34 bits per heavy atom. The van der Waals surface area contributed by atoms with Gasteiger partial charge in [0.1, 0.15) is 0 Å². The molecule has 2 N–H and O–H groups in total. The third kappa shape index (κ3) is 5.95. The normalized spacial score (nSPS) is 15.3. The lowest BCUT2D eigenvalue weighted by atomic mass is 9.95. The fourth-order valence-corrected chi connectivity index (χ4v) is 4.55. The second kappa shape index (κ2) is 9.15. The minimum atomic E-state index is -3.72. The Hall–Kier alpha value is -2.09. The third-order valence-corrected chi connectivity index (χ3v) is 6.62. The molecule has 0 spiro atoms. The quantitative estimate of drug-likeness (QED) is 0.630. The van der Waals surface area contributed by atoms with E-state index in [0.717, 1.165) is 18.4 Å². The minimum Gasteiger partial charge on any atom is -0.356 e. The molecule has 0 unspecified atom stereocenters. The fraction of sp³-hybridized carbons (Fsp3) is 0.619. The first-order valence-electron chi connectivity index (χ1n) is 10.2. The van der Waals surface area contributed by atoms with Crippen LogP contribution in [0.2, 0.25) is 0 Å². The summed E-state index contributed by atoms with van der Waals surface area (Å²) in [5, 5.41) is 11.2. The molecule has 162 valence electrons. The third-order valence-electron chi connectivity index (χ3n) is 4.81. The van der Waals surface area contributed by atoms with E-state index in [0.29, 0.717) is 32.1 Å². The Balaban J connectivity index is 1.94. The monoisotopic (exact) mass is 422 g/mol. The second-order valence-electron chi connectivity index (χ2n) is 8.99. The van der Waals surface area contributed by atoms with Gasteiger partial charge in [0, 0.05) is 25.0 Å². The molecule has 1 saturated heterocycles. The molecular weight excluding hydrogens is 388 g/mol. The second-order valence-corrected chi connectivity index (χ2v) is 10.9. The maximum absolute atomic E-state index is 12.9. The lowest BCUT2D eigenvalue weighted by Crippen LogP contribution is -2.38. The number of aryl methyl sites for hydroxylation is 1. The number of rotatable bonds is 8. The number of nitrogens with one attached hydrogen (secondary N) is 2. The molecular formula is C21H34N4O3S. The van der Waals surface area contributed by atoms with Gasteiger partial charge in [-0.1, -0.05) is 46.8 Å². The van der Waals surface area contributed by atoms with Crippen LogP contribution < -0.4 is 5.32 Å². The molecule has 1 aliphatic heterocycles. The highest BCUT2D eigenvalue weighted by molar-refractivity contribution is 7.89. The molecule has 1 aromatic rings. The molecule has 29 heavy (non-hydrogen) atoms. The van der Waals surface area contributed by atoms with Crippen molar-refractivity contribution in [2.45, 2.75) is 52.4 Å². The van der Waals surface area contributed by atoms with Gasteiger partial charge in [-0.05, 0) is 36.5 Å². The zero-order valence-electron chi connectivity index (χ0n) is 18.2. The van der Waals surface area contributed by atoms with E-state index in [-0.39, 0.29) is 16.8 Å². The lowest BCUT2D eigenvalue weighted by Gasteiger charge is -2.23. The van der Waals surface area contributed by atoms with Crippen molar-refractivity contribution < 1.29 is 13.2 Å². The van der Waals surface area contributed by atoms with E-state index < -0.39 is 15.4 Å². The van der Waals surface area contributed by atoms with Crippen LogP contribution in [0.1, 0.15) is 46.6 Å². The number of sulfonamides is 1. The van der Waals surface area contributed by atoms with Crippen LogP contribution in [0, 0.1) is 16.7 Å².